The Hall–Kier alpha value is -1.77. The van der Waals surface area contributed by atoms with Crippen LogP contribution in [0.15, 0.2) is 30.7 Å². The molecule has 0 radical (unpaired) electrons. The van der Waals surface area contributed by atoms with Crippen LogP contribution in [-0.4, -0.2) is 16.4 Å². The normalized spacial score (nSPS) is 11.3. The highest BCUT2D eigenvalue weighted by Crippen LogP contribution is 2.14. The first-order chi connectivity index (χ1) is 7.29. The molecule has 0 N–H and O–H groups in total. The van der Waals surface area contributed by atoms with E-state index in [-0.39, 0.29) is 0 Å². The molecule has 1 aromatic heterocycles. The molecule has 0 saturated heterocycles. The van der Waals surface area contributed by atoms with Gasteiger partial charge in [-0.2, -0.15) is 5.10 Å². The minimum Gasteiger partial charge on any atom is -0.501 e. The molecular weight excluding hydrogens is 188 g/mol. The van der Waals surface area contributed by atoms with Crippen LogP contribution in [0.2, 0.25) is 0 Å². The smallest absolute Gasteiger partial charge is 0.0923 e. The molecule has 0 unspecified atom stereocenters. The maximum atomic E-state index is 5.15. The van der Waals surface area contributed by atoms with Gasteiger partial charge in [0.25, 0.3) is 0 Å². The zero-order valence-corrected chi connectivity index (χ0v) is 8.97. The van der Waals surface area contributed by atoms with E-state index in [2.05, 4.69) is 11.2 Å². The zero-order valence-electron chi connectivity index (χ0n) is 8.97. The van der Waals surface area contributed by atoms with Crippen molar-refractivity contribution in [2.45, 2.75) is 6.92 Å². The number of rotatable bonds is 3. The first-order valence-corrected chi connectivity index (χ1v) is 5.01. The molecule has 15 heavy (non-hydrogen) atoms. The van der Waals surface area contributed by atoms with Crippen molar-refractivity contribution in [3.8, 4) is 0 Å². The van der Waals surface area contributed by atoms with Crippen molar-refractivity contribution in [3.05, 3.63) is 36.2 Å². The van der Waals surface area contributed by atoms with Crippen molar-refractivity contribution in [2.75, 3.05) is 6.61 Å². The van der Waals surface area contributed by atoms with E-state index < -0.39 is 0 Å². The molecule has 1 aromatic carbocycles. The van der Waals surface area contributed by atoms with Crippen molar-refractivity contribution < 1.29 is 4.74 Å². The monoisotopic (exact) mass is 202 g/mol. The lowest BCUT2D eigenvalue weighted by atomic mass is 10.1. The van der Waals surface area contributed by atoms with Crippen LogP contribution < -0.4 is 0 Å². The van der Waals surface area contributed by atoms with Crippen molar-refractivity contribution >= 4 is 17.0 Å². The predicted octanol–water partition coefficient (Wildman–Crippen LogP) is 2.58. The van der Waals surface area contributed by atoms with E-state index in [9.17, 15) is 0 Å². The summed E-state index contributed by atoms with van der Waals surface area (Å²) in [6.45, 7) is 2.67. The van der Waals surface area contributed by atoms with Gasteiger partial charge in [-0.3, -0.25) is 4.68 Å². The standard InChI is InChI=1S/C12H14N2O/c1-3-15-7-6-10-4-5-12-11(8-10)9-14(2)13-12/h4-9H,3H2,1-2H3. The molecule has 0 amide bonds. The van der Waals surface area contributed by atoms with Crippen LogP contribution in [0.5, 0.6) is 0 Å². The third kappa shape index (κ3) is 2.18. The fourth-order valence-electron chi connectivity index (χ4n) is 1.49. The second-order valence-corrected chi connectivity index (χ2v) is 3.38. The zero-order chi connectivity index (χ0) is 10.7. The molecule has 0 aliphatic heterocycles. The summed E-state index contributed by atoms with van der Waals surface area (Å²) >= 11 is 0. The van der Waals surface area contributed by atoms with Crippen LogP contribution in [0.1, 0.15) is 12.5 Å². The molecule has 0 atom stereocenters. The highest BCUT2D eigenvalue weighted by atomic mass is 16.5. The van der Waals surface area contributed by atoms with E-state index in [1.54, 1.807) is 6.26 Å². The Morgan fingerprint density at radius 2 is 2.33 bits per heavy atom. The number of hydrogen-bond donors (Lipinski definition) is 0. The van der Waals surface area contributed by atoms with Crippen LogP contribution in [-0.2, 0) is 11.8 Å². The lowest BCUT2D eigenvalue weighted by Crippen LogP contribution is -1.84. The van der Waals surface area contributed by atoms with E-state index in [0.717, 1.165) is 16.5 Å². The fraction of sp³-hybridized carbons (Fsp3) is 0.250. The van der Waals surface area contributed by atoms with Crippen LogP contribution in [0, 0.1) is 0 Å². The highest BCUT2D eigenvalue weighted by molar-refractivity contribution is 5.80. The van der Waals surface area contributed by atoms with Gasteiger partial charge in [0.1, 0.15) is 0 Å². The highest BCUT2D eigenvalue weighted by Gasteiger charge is 1.97. The summed E-state index contributed by atoms with van der Waals surface area (Å²) in [5, 5.41) is 5.46. The van der Waals surface area contributed by atoms with Gasteiger partial charge in [0, 0.05) is 18.6 Å². The molecular formula is C12H14N2O. The van der Waals surface area contributed by atoms with Gasteiger partial charge in [0.15, 0.2) is 0 Å². The number of hydrogen-bond acceptors (Lipinski definition) is 2. The lowest BCUT2D eigenvalue weighted by molar-refractivity contribution is 0.272. The number of aromatic nitrogens is 2. The van der Waals surface area contributed by atoms with Gasteiger partial charge in [-0.15, -0.1) is 0 Å². The van der Waals surface area contributed by atoms with E-state index >= 15 is 0 Å². The van der Waals surface area contributed by atoms with Crippen molar-refractivity contribution in [2.24, 2.45) is 7.05 Å². The Kier molecular flexibility index (Phi) is 2.72. The molecule has 2 rings (SSSR count). The molecule has 1 heterocycles. The van der Waals surface area contributed by atoms with Crippen molar-refractivity contribution in [1.29, 1.82) is 0 Å². The molecule has 3 heteroatoms. The summed E-state index contributed by atoms with van der Waals surface area (Å²) in [5.74, 6) is 0. The van der Waals surface area contributed by atoms with Gasteiger partial charge in [0.2, 0.25) is 0 Å². The Morgan fingerprint density at radius 1 is 1.47 bits per heavy atom. The number of aryl methyl sites for hydroxylation is 1. The first-order valence-electron chi connectivity index (χ1n) is 5.01. The van der Waals surface area contributed by atoms with Crippen LogP contribution in [0.3, 0.4) is 0 Å². The van der Waals surface area contributed by atoms with E-state index in [4.69, 9.17) is 4.74 Å². The van der Waals surface area contributed by atoms with E-state index in [1.807, 2.05) is 43.1 Å². The minimum absolute atomic E-state index is 0.700. The topological polar surface area (TPSA) is 27.1 Å². The van der Waals surface area contributed by atoms with Crippen LogP contribution in [0.4, 0.5) is 0 Å². The summed E-state index contributed by atoms with van der Waals surface area (Å²) in [6.07, 6.45) is 5.68. The summed E-state index contributed by atoms with van der Waals surface area (Å²) in [4.78, 5) is 0. The molecule has 3 nitrogen and oxygen atoms in total. The Bertz CT molecular complexity index is 485. The minimum atomic E-state index is 0.700. The van der Waals surface area contributed by atoms with Crippen molar-refractivity contribution in [1.82, 2.24) is 9.78 Å². The van der Waals surface area contributed by atoms with Gasteiger partial charge in [-0.25, -0.2) is 0 Å². The second kappa shape index (κ2) is 4.17. The third-order valence-corrected chi connectivity index (χ3v) is 2.17. The number of nitrogens with zero attached hydrogens (tertiary/aromatic N) is 2. The molecule has 0 spiro atoms. The Labute approximate surface area is 89.0 Å². The lowest BCUT2D eigenvalue weighted by Gasteiger charge is -1.94. The second-order valence-electron chi connectivity index (χ2n) is 3.38. The van der Waals surface area contributed by atoms with Crippen LogP contribution >= 0.6 is 0 Å². The summed E-state index contributed by atoms with van der Waals surface area (Å²) < 4.78 is 6.97. The van der Waals surface area contributed by atoms with E-state index in [0.29, 0.717) is 6.61 Å². The Balaban J connectivity index is 2.30. The average molecular weight is 202 g/mol. The Morgan fingerprint density at radius 3 is 3.13 bits per heavy atom. The largest absolute Gasteiger partial charge is 0.501 e. The van der Waals surface area contributed by atoms with Gasteiger partial charge in [-0.1, -0.05) is 6.07 Å². The molecule has 0 bridgehead atoms. The van der Waals surface area contributed by atoms with Gasteiger partial charge in [0.05, 0.1) is 18.4 Å². The van der Waals surface area contributed by atoms with E-state index in [1.165, 1.54) is 0 Å². The molecule has 0 aliphatic rings. The average Bonchev–Trinajstić information content (AvgIpc) is 2.57. The summed E-state index contributed by atoms with van der Waals surface area (Å²) in [5.41, 5.74) is 2.15. The first kappa shape index (κ1) is 9.77. The molecule has 2 aromatic rings. The quantitative estimate of drug-likeness (QED) is 0.715. The summed E-state index contributed by atoms with van der Waals surface area (Å²) in [7, 11) is 1.93. The van der Waals surface area contributed by atoms with Gasteiger partial charge in [-0.05, 0) is 30.7 Å². The number of fused-ring (bicyclic) bond motifs is 1. The molecule has 0 saturated carbocycles. The molecule has 0 aliphatic carbocycles. The predicted molar refractivity (Wildman–Crippen MR) is 61.4 cm³/mol. The number of benzene rings is 1. The molecule has 0 fully saturated rings. The maximum Gasteiger partial charge on any atom is 0.0923 e. The number of ether oxygens (including phenoxy) is 1. The maximum absolute atomic E-state index is 5.15. The summed E-state index contributed by atoms with van der Waals surface area (Å²) in [6, 6.07) is 6.14. The van der Waals surface area contributed by atoms with Gasteiger partial charge >= 0.3 is 0 Å². The van der Waals surface area contributed by atoms with Crippen molar-refractivity contribution in [3.63, 3.8) is 0 Å². The van der Waals surface area contributed by atoms with Gasteiger partial charge < -0.3 is 4.74 Å². The fourth-order valence-corrected chi connectivity index (χ4v) is 1.49. The third-order valence-electron chi connectivity index (χ3n) is 2.17. The van der Waals surface area contributed by atoms with Crippen LogP contribution in [0.25, 0.3) is 17.0 Å². The SMILES string of the molecule is CCOC=Cc1ccc2nn(C)cc2c1. The molecule has 78 valence electrons.